The van der Waals surface area contributed by atoms with E-state index in [1.807, 2.05) is 0 Å². The molecule has 1 aromatic rings. The molecule has 1 fully saturated rings. The van der Waals surface area contributed by atoms with Gasteiger partial charge in [-0.25, -0.2) is 0 Å². The number of carbonyl (C=O) groups excluding carboxylic acids is 1. The van der Waals surface area contributed by atoms with Gasteiger partial charge in [-0.05, 0) is 31.8 Å². The number of anilines is 1. The average molecular weight is 223 g/mol. The predicted molar refractivity (Wildman–Crippen MR) is 59.9 cm³/mol. The number of nitrogens with one attached hydrogen (secondary N) is 2. The first kappa shape index (κ1) is 11.1. The quantitative estimate of drug-likeness (QED) is 0.766. The van der Waals surface area contributed by atoms with Crippen LogP contribution < -0.4 is 10.6 Å². The zero-order valence-corrected chi connectivity index (χ0v) is 9.44. The van der Waals surface area contributed by atoms with Crippen molar-refractivity contribution in [1.29, 1.82) is 0 Å². The Balaban J connectivity index is 1.80. The average Bonchev–Trinajstić information content (AvgIpc) is 2.84. The molecule has 1 unspecified atom stereocenters. The first-order chi connectivity index (χ1) is 7.74. The minimum Gasteiger partial charge on any atom is -0.316 e. The van der Waals surface area contributed by atoms with E-state index < -0.39 is 0 Å². The molecular weight excluding hydrogens is 206 g/mol. The highest BCUT2D eigenvalue weighted by Gasteiger charge is 2.14. The summed E-state index contributed by atoms with van der Waals surface area (Å²) in [4.78, 5) is 12.4. The second-order valence-electron chi connectivity index (χ2n) is 4.15. The van der Waals surface area contributed by atoms with Gasteiger partial charge in [0.2, 0.25) is 5.91 Å². The van der Waals surface area contributed by atoms with Gasteiger partial charge in [0.05, 0.1) is 12.7 Å². The molecule has 1 saturated heterocycles. The Bertz CT molecular complexity index is 356. The second-order valence-corrected chi connectivity index (χ2v) is 4.15. The molecule has 16 heavy (non-hydrogen) atoms. The monoisotopic (exact) mass is 223 g/mol. The Morgan fingerprint density at radius 2 is 2.62 bits per heavy atom. The number of carbonyl (C=O) groups is 1. The molecule has 2 N–H and O–H groups in total. The summed E-state index contributed by atoms with van der Waals surface area (Å²) in [5, 5.41) is 14.2. The van der Waals surface area contributed by atoms with Crippen molar-refractivity contribution in [2.75, 3.05) is 18.4 Å². The largest absolute Gasteiger partial charge is 0.316 e. The fourth-order valence-electron chi connectivity index (χ4n) is 1.90. The summed E-state index contributed by atoms with van der Waals surface area (Å²) < 4.78 is 0. The van der Waals surface area contributed by atoms with E-state index in [4.69, 9.17) is 0 Å². The number of amides is 1. The van der Waals surface area contributed by atoms with Gasteiger partial charge < -0.3 is 10.6 Å². The van der Waals surface area contributed by atoms with Crippen molar-refractivity contribution >= 4 is 11.7 Å². The fraction of sp³-hybridized carbons (Fsp3) is 0.700. The summed E-state index contributed by atoms with van der Waals surface area (Å²) in [5.41, 5.74) is 0. The van der Waals surface area contributed by atoms with Gasteiger partial charge in [0.1, 0.15) is 0 Å². The van der Waals surface area contributed by atoms with Crippen LogP contribution in [0.4, 0.5) is 5.82 Å². The lowest BCUT2D eigenvalue weighted by Gasteiger charge is -2.06. The number of aromatic nitrogens is 3. The standard InChI is InChI=1S/C10H17N5O/c1-8(16)13-10-7-12-15(14-10)5-3-9-2-4-11-6-9/h7,9,11H,2-6H2,1H3,(H,13,14,16). The molecule has 0 aromatic carbocycles. The molecule has 0 saturated carbocycles. The van der Waals surface area contributed by atoms with Crippen LogP contribution >= 0.6 is 0 Å². The Labute approximate surface area is 94.4 Å². The molecule has 1 amide bonds. The molecule has 2 heterocycles. The molecule has 6 nitrogen and oxygen atoms in total. The van der Waals surface area contributed by atoms with Crippen molar-refractivity contribution in [3.05, 3.63) is 6.20 Å². The maximum Gasteiger partial charge on any atom is 0.222 e. The van der Waals surface area contributed by atoms with Crippen LogP contribution in [0.15, 0.2) is 6.20 Å². The minimum atomic E-state index is -0.118. The van der Waals surface area contributed by atoms with Gasteiger partial charge in [0, 0.05) is 6.92 Å². The third kappa shape index (κ3) is 3.03. The fourth-order valence-corrected chi connectivity index (χ4v) is 1.90. The van der Waals surface area contributed by atoms with E-state index in [0.29, 0.717) is 5.82 Å². The maximum atomic E-state index is 10.8. The Hall–Kier alpha value is -1.43. The van der Waals surface area contributed by atoms with Crippen LogP contribution in [0, 0.1) is 5.92 Å². The number of rotatable bonds is 4. The van der Waals surface area contributed by atoms with Crippen molar-refractivity contribution in [2.45, 2.75) is 26.3 Å². The first-order valence-corrected chi connectivity index (χ1v) is 5.62. The summed E-state index contributed by atoms with van der Waals surface area (Å²) in [6.07, 6.45) is 3.90. The third-order valence-corrected chi connectivity index (χ3v) is 2.74. The van der Waals surface area contributed by atoms with Crippen molar-refractivity contribution in [3.63, 3.8) is 0 Å². The molecule has 0 spiro atoms. The summed E-state index contributed by atoms with van der Waals surface area (Å²) in [5.74, 6) is 1.14. The molecule has 2 rings (SSSR count). The summed E-state index contributed by atoms with van der Waals surface area (Å²) in [7, 11) is 0. The molecule has 0 bridgehead atoms. The third-order valence-electron chi connectivity index (χ3n) is 2.74. The SMILES string of the molecule is CC(=O)Nc1cnn(CCC2CCNC2)n1. The van der Waals surface area contributed by atoms with E-state index in [9.17, 15) is 4.79 Å². The molecule has 1 aromatic heterocycles. The number of aryl methyl sites for hydroxylation is 1. The lowest BCUT2D eigenvalue weighted by atomic mass is 10.1. The molecule has 1 atom stereocenters. The van der Waals surface area contributed by atoms with Crippen LogP contribution in [0.1, 0.15) is 19.8 Å². The Morgan fingerprint density at radius 1 is 1.75 bits per heavy atom. The van der Waals surface area contributed by atoms with Gasteiger partial charge >= 0.3 is 0 Å². The van der Waals surface area contributed by atoms with Crippen LogP contribution in [-0.2, 0) is 11.3 Å². The summed E-state index contributed by atoms with van der Waals surface area (Å²) in [6.45, 7) is 4.49. The van der Waals surface area contributed by atoms with Crippen molar-refractivity contribution in [3.8, 4) is 0 Å². The van der Waals surface area contributed by atoms with Crippen LogP contribution in [0.5, 0.6) is 0 Å². The highest BCUT2D eigenvalue weighted by atomic mass is 16.1. The predicted octanol–water partition coefficient (Wildman–Crippen LogP) is 0.236. The van der Waals surface area contributed by atoms with Crippen LogP contribution in [0.25, 0.3) is 0 Å². The number of nitrogens with zero attached hydrogens (tertiary/aromatic N) is 3. The highest BCUT2D eigenvalue weighted by Crippen LogP contribution is 2.12. The van der Waals surface area contributed by atoms with E-state index in [-0.39, 0.29) is 5.91 Å². The molecule has 88 valence electrons. The first-order valence-electron chi connectivity index (χ1n) is 5.62. The second kappa shape index (κ2) is 5.07. The zero-order chi connectivity index (χ0) is 11.4. The topological polar surface area (TPSA) is 71.8 Å². The summed E-state index contributed by atoms with van der Waals surface area (Å²) >= 11 is 0. The van der Waals surface area contributed by atoms with Crippen molar-refractivity contribution in [1.82, 2.24) is 20.3 Å². The highest BCUT2D eigenvalue weighted by molar-refractivity contribution is 5.87. The number of hydrogen-bond donors (Lipinski definition) is 2. The number of hydrogen-bond acceptors (Lipinski definition) is 4. The van der Waals surface area contributed by atoms with Gasteiger partial charge in [0.15, 0.2) is 5.82 Å². The van der Waals surface area contributed by atoms with Gasteiger partial charge in [-0.1, -0.05) is 0 Å². The van der Waals surface area contributed by atoms with Crippen LogP contribution in [-0.4, -0.2) is 34.0 Å². The summed E-state index contributed by atoms with van der Waals surface area (Å²) in [6, 6.07) is 0. The lowest BCUT2D eigenvalue weighted by Crippen LogP contribution is -2.12. The Kier molecular flexibility index (Phi) is 3.51. The van der Waals surface area contributed by atoms with Crippen molar-refractivity contribution in [2.24, 2.45) is 5.92 Å². The molecule has 0 radical (unpaired) electrons. The van der Waals surface area contributed by atoms with Crippen molar-refractivity contribution < 1.29 is 4.79 Å². The van der Waals surface area contributed by atoms with Gasteiger partial charge in [-0.3, -0.25) is 4.79 Å². The molecule has 1 aliphatic heterocycles. The van der Waals surface area contributed by atoms with Crippen LogP contribution in [0.2, 0.25) is 0 Å². The van der Waals surface area contributed by atoms with Gasteiger partial charge in [0.25, 0.3) is 0 Å². The molecule has 0 aliphatic carbocycles. The van der Waals surface area contributed by atoms with E-state index in [1.165, 1.54) is 13.3 Å². The van der Waals surface area contributed by atoms with Crippen LogP contribution in [0.3, 0.4) is 0 Å². The molecular formula is C10H17N5O. The smallest absolute Gasteiger partial charge is 0.222 e. The van der Waals surface area contributed by atoms with Gasteiger partial charge in [-0.15, -0.1) is 5.10 Å². The van der Waals surface area contributed by atoms with Gasteiger partial charge in [-0.2, -0.15) is 9.90 Å². The lowest BCUT2D eigenvalue weighted by molar-refractivity contribution is -0.114. The Morgan fingerprint density at radius 3 is 3.31 bits per heavy atom. The van der Waals surface area contributed by atoms with E-state index in [1.54, 1.807) is 11.0 Å². The van der Waals surface area contributed by atoms with E-state index in [0.717, 1.165) is 32.0 Å². The molecule has 1 aliphatic rings. The minimum absolute atomic E-state index is 0.118. The normalized spacial score (nSPS) is 19.9. The maximum absolute atomic E-state index is 10.8. The zero-order valence-electron chi connectivity index (χ0n) is 9.44. The van der Waals surface area contributed by atoms with E-state index >= 15 is 0 Å². The van der Waals surface area contributed by atoms with E-state index in [2.05, 4.69) is 20.8 Å². The molecule has 6 heteroatoms.